The number of nitriles is 1. The third-order valence-electron chi connectivity index (χ3n) is 4.83. The molecule has 1 saturated heterocycles. The van der Waals surface area contributed by atoms with E-state index in [-0.39, 0.29) is 29.6 Å². The van der Waals surface area contributed by atoms with E-state index in [4.69, 9.17) is 21.1 Å². The van der Waals surface area contributed by atoms with Crippen molar-refractivity contribution in [2.45, 2.75) is 12.8 Å². The second-order valence-corrected chi connectivity index (χ2v) is 7.42. The lowest BCUT2D eigenvalue weighted by Crippen LogP contribution is -2.25. The first kappa shape index (κ1) is 22.4. The lowest BCUT2D eigenvalue weighted by Gasteiger charge is -2.23. The van der Waals surface area contributed by atoms with Crippen LogP contribution in [-0.4, -0.2) is 29.0 Å². The first-order valence-corrected chi connectivity index (χ1v) is 10.0. The highest BCUT2D eigenvalue weighted by molar-refractivity contribution is 6.31. The molecule has 2 aliphatic heterocycles. The van der Waals surface area contributed by atoms with Gasteiger partial charge in [-0.3, -0.25) is 0 Å². The van der Waals surface area contributed by atoms with Gasteiger partial charge >= 0.3 is 6.18 Å². The number of aliphatic hydroxyl groups excluding tert-OH is 1. The van der Waals surface area contributed by atoms with Gasteiger partial charge in [-0.05, 0) is 35.9 Å². The molecule has 2 aliphatic rings. The van der Waals surface area contributed by atoms with Gasteiger partial charge in [-0.2, -0.15) is 23.4 Å². The average Bonchev–Trinajstić information content (AvgIpc) is 3.27. The van der Waals surface area contributed by atoms with Crippen molar-refractivity contribution in [2.24, 2.45) is 4.99 Å². The predicted octanol–water partition coefficient (Wildman–Crippen LogP) is 5.05. The van der Waals surface area contributed by atoms with Crippen molar-refractivity contribution in [3.63, 3.8) is 0 Å². The van der Waals surface area contributed by atoms with Gasteiger partial charge < -0.3 is 24.8 Å². The van der Waals surface area contributed by atoms with E-state index in [1.54, 1.807) is 17.0 Å². The van der Waals surface area contributed by atoms with Gasteiger partial charge in [0.25, 0.3) is 0 Å². The summed E-state index contributed by atoms with van der Waals surface area (Å²) in [6, 6.07) is 9.72. The number of aliphatic hydroxyl groups is 1. The van der Waals surface area contributed by atoms with Gasteiger partial charge in [0.05, 0.1) is 16.1 Å². The zero-order chi connectivity index (χ0) is 23.6. The Morgan fingerprint density at radius 3 is 2.82 bits per heavy atom. The Kier molecular flexibility index (Phi) is 6.07. The first-order chi connectivity index (χ1) is 15.8. The highest BCUT2D eigenvalue weighted by atomic mass is 35.5. The molecule has 0 saturated carbocycles. The minimum atomic E-state index is -4.64. The molecular weight excluding hydrogens is 461 g/mol. The van der Waals surface area contributed by atoms with E-state index in [9.17, 15) is 23.5 Å². The topological polar surface area (TPSA) is 90.1 Å². The van der Waals surface area contributed by atoms with E-state index >= 15 is 0 Å². The van der Waals surface area contributed by atoms with Gasteiger partial charge in [0, 0.05) is 19.2 Å². The Bertz CT molecular complexity index is 1220. The molecule has 2 aromatic rings. The molecule has 2 N–H and O–H groups in total. The van der Waals surface area contributed by atoms with E-state index in [0.717, 1.165) is 24.2 Å². The number of hydrogen-bond donors (Lipinski definition) is 2. The SMILES string of the molecule is N#Cc1cc(COC2=N/C(=C\O)N3CCNC3=C2)ccc1Oc1ccc(Cl)c(C(F)(F)F)c1. The summed E-state index contributed by atoms with van der Waals surface area (Å²) in [5, 5.41) is 21.6. The molecule has 2 heterocycles. The summed E-state index contributed by atoms with van der Waals surface area (Å²) >= 11 is 5.63. The van der Waals surface area contributed by atoms with Crippen LogP contribution >= 0.6 is 11.6 Å². The van der Waals surface area contributed by atoms with E-state index in [0.29, 0.717) is 24.5 Å². The van der Waals surface area contributed by atoms with Gasteiger partial charge in [0.2, 0.25) is 5.90 Å². The maximum atomic E-state index is 13.1. The minimum absolute atomic E-state index is 0.0649. The number of aliphatic imine (C=N–C) groups is 1. The molecule has 0 radical (unpaired) electrons. The molecular formula is C22H16ClF3N4O3. The van der Waals surface area contributed by atoms with Crippen molar-refractivity contribution < 1.29 is 27.8 Å². The van der Waals surface area contributed by atoms with Gasteiger partial charge in [-0.1, -0.05) is 17.7 Å². The summed E-state index contributed by atoms with van der Waals surface area (Å²) in [5.41, 5.74) is -0.300. The Morgan fingerprint density at radius 2 is 2.09 bits per heavy atom. The molecule has 0 aliphatic carbocycles. The van der Waals surface area contributed by atoms with E-state index < -0.39 is 16.8 Å². The number of rotatable bonds is 4. The molecule has 0 amide bonds. The number of benzene rings is 2. The molecule has 0 bridgehead atoms. The molecule has 4 rings (SSSR count). The number of fused-ring (bicyclic) bond motifs is 1. The van der Waals surface area contributed by atoms with Crippen molar-refractivity contribution in [3.05, 3.63) is 82.1 Å². The van der Waals surface area contributed by atoms with Crippen molar-refractivity contribution in [2.75, 3.05) is 13.1 Å². The molecule has 170 valence electrons. The zero-order valence-corrected chi connectivity index (χ0v) is 17.6. The highest BCUT2D eigenvalue weighted by Gasteiger charge is 2.33. The third-order valence-corrected chi connectivity index (χ3v) is 5.16. The van der Waals surface area contributed by atoms with Crippen LogP contribution in [0.3, 0.4) is 0 Å². The van der Waals surface area contributed by atoms with Gasteiger partial charge in [-0.25, -0.2) is 0 Å². The number of halogens is 4. The monoisotopic (exact) mass is 476 g/mol. The summed E-state index contributed by atoms with van der Waals surface area (Å²) in [6.45, 7) is 1.44. The Morgan fingerprint density at radius 1 is 1.27 bits per heavy atom. The van der Waals surface area contributed by atoms with Crippen molar-refractivity contribution in [1.82, 2.24) is 10.2 Å². The van der Waals surface area contributed by atoms with E-state index in [1.807, 2.05) is 6.07 Å². The van der Waals surface area contributed by atoms with E-state index in [2.05, 4.69) is 10.3 Å². The standard InChI is InChI=1S/C22H16ClF3N4O3/c23-17-3-2-15(8-16(17)22(24,25)26)33-18-4-1-13(7-14(18)10-27)12-32-21-9-19-28-5-6-30(19)20(11-31)29-21/h1-4,7-9,11,28,31H,5-6,12H2/b20-11+. The van der Waals surface area contributed by atoms with Crippen molar-refractivity contribution in [3.8, 4) is 17.6 Å². The highest BCUT2D eigenvalue weighted by Crippen LogP contribution is 2.38. The second kappa shape index (κ2) is 8.96. The number of ether oxygens (including phenoxy) is 2. The summed E-state index contributed by atoms with van der Waals surface area (Å²) in [5.74, 6) is 1.35. The molecule has 0 unspecified atom stereocenters. The van der Waals surface area contributed by atoms with Crippen LogP contribution < -0.4 is 10.1 Å². The maximum absolute atomic E-state index is 13.1. The maximum Gasteiger partial charge on any atom is 0.417 e. The van der Waals surface area contributed by atoms with Crippen molar-refractivity contribution >= 4 is 17.5 Å². The summed E-state index contributed by atoms with van der Waals surface area (Å²) < 4.78 is 50.4. The summed E-state index contributed by atoms with van der Waals surface area (Å²) in [6.07, 6.45) is -2.05. The Hall–Kier alpha value is -3.84. The molecule has 33 heavy (non-hydrogen) atoms. The number of alkyl halides is 3. The normalized spacial score (nSPS) is 16.5. The fraction of sp³-hybridized carbons (Fsp3) is 0.182. The van der Waals surface area contributed by atoms with Crippen LogP contribution in [0.5, 0.6) is 11.5 Å². The molecule has 0 aromatic heterocycles. The van der Waals surface area contributed by atoms with Gasteiger partial charge in [0.1, 0.15) is 36.3 Å². The van der Waals surface area contributed by atoms with Gasteiger partial charge in [0.15, 0.2) is 5.82 Å². The minimum Gasteiger partial charge on any atom is -0.512 e. The quantitative estimate of drug-likeness (QED) is 0.600. The summed E-state index contributed by atoms with van der Waals surface area (Å²) in [7, 11) is 0. The largest absolute Gasteiger partial charge is 0.512 e. The van der Waals surface area contributed by atoms with Crippen LogP contribution in [0.15, 0.2) is 65.4 Å². The van der Waals surface area contributed by atoms with Gasteiger partial charge in [-0.15, -0.1) is 0 Å². The number of nitrogens with one attached hydrogen (secondary N) is 1. The Labute approximate surface area is 191 Å². The average molecular weight is 477 g/mol. The number of hydrogen-bond acceptors (Lipinski definition) is 7. The van der Waals surface area contributed by atoms with Crippen molar-refractivity contribution in [1.29, 1.82) is 5.26 Å². The van der Waals surface area contributed by atoms with Crippen LogP contribution in [0.25, 0.3) is 0 Å². The fourth-order valence-corrected chi connectivity index (χ4v) is 3.51. The van der Waals surface area contributed by atoms with Crippen LogP contribution in [0.4, 0.5) is 13.2 Å². The smallest absolute Gasteiger partial charge is 0.417 e. The molecule has 11 heteroatoms. The molecule has 1 fully saturated rings. The predicted molar refractivity (Wildman–Crippen MR) is 113 cm³/mol. The zero-order valence-electron chi connectivity index (χ0n) is 16.9. The molecule has 0 atom stereocenters. The molecule has 7 nitrogen and oxygen atoms in total. The lowest BCUT2D eigenvalue weighted by atomic mass is 10.1. The van der Waals surface area contributed by atoms with Crippen LogP contribution in [-0.2, 0) is 17.5 Å². The summed E-state index contributed by atoms with van der Waals surface area (Å²) in [4.78, 5) is 6.03. The molecule has 0 spiro atoms. The van der Waals surface area contributed by atoms with E-state index in [1.165, 1.54) is 18.2 Å². The Balaban J connectivity index is 1.49. The third kappa shape index (κ3) is 4.83. The number of nitrogens with zero attached hydrogens (tertiary/aromatic N) is 3. The second-order valence-electron chi connectivity index (χ2n) is 7.02. The lowest BCUT2D eigenvalue weighted by molar-refractivity contribution is -0.137. The fourth-order valence-electron chi connectivity index (χ4n) is 3.29. The molecule has 2 aromatic carbocycles. The van der Waals surface area contributed by atoms with Crippen LogP contribution in [0.1, 0.15) is 16.7 Å². The van der Waals surface area contributed by atoms with Crippen LogP contribution in [0.2, 0.25) is 5.02 Å². The first-order valence-electron chi connectivity index (χ1n) is 9.65. The van der Waals surface area contributed by atoms with Crippen LogP contribution in [0, 0.1) is 11.3 Å².